The zero-order valence-electron chi connectivity index (χ0n) is 12.7. The van der Waals surface area contributed by atoms with Crippen molar-refractivity contribution in [2.75, 3.05) is 52.7 Å². The fraction of sp³-hybridized carbons (Fsp3) is 0.867. The Morgan fingerprint density at radius 1 is 0.842 bits per heavy atom. The molecule has 0 aromatic rings. The Morgan fingerprint density at radius 3 is 2.11 bits per heavy atom. The first-order valence-electron chi connectivity index (χ1n) is 7.47. The molecule has 0 rings (SSSR count). The molecule has 0 amide bonds. The van der Waals surface area contributed by atoms with Crippen molar-refractivity contribution in [1.82, 2.24) is 5.32 Å². The highest BCUT2D eigenvalue weighted by Crippen LogP contribution is 1.88. The van der Waals surface area contributed by atoms with Gasteiger partial charge in [0.05, 0.1) is 33.0 Å². The van der Waals surface area contributed by atoms with Gasteiger partial charge in [-0.05, 0) is 26.3 Å². The van der Waals surface area contributed by atoms with Gasteiger partial charge in [-0.25, -0.2) is 0 Å². The quantitative estimate of drug-likeness (QED) is 0.367. The van der Waals surface area contributed by atoms with Crippen molar-refractivity contribution in [1.29, 1.82) is 0 Å². The van der Waals surface area contributed by atoms with Crippen LogP contribution in [0.4, 0.5) is 0 Å². The SMILES string of the molecule is C/C=C/CCNCCOCCOCCOCCCC. The Balaban J connectivity index is 2.91. The molecule has 0 atom stereocenters. The van der Waals surface area contributed by atoms with Crippen molar-refractivity contribution in [2.45, 2.75) is 33.1 Å². The number of rotatable bonds is 15. The van der Waals surface area contributed by atoms with E-state index < -0.39 is 0 Å². The second kappa shape index (κ2) is 17.6. The molecule has 0 radical (unpaired) electrons. The van der Waals surface area contributed by atoms with Crippen LogP contribution in [-0.2, 0) is 14.2 Å². The monoisotopic (exact) mass is 273 g/mol. The van der Waals surface area contributed by atoms with Gasteiger partial charge in [0.2, 0.25) is 0 Å². The normalized spacial score (nSPS) is 11.5. The van der Waals surface area contributed by atoms with Gasteiger partial charge in [-0.3, -0.25) is 0 Å². The zero-order valence-corrected chi connectivity index (χ0v) is 12.7. The van der Waals surface area contributed by atoms with E-state index in [0.29, 0.717) is 26.4 Å². The van der Waals surface area contributed by atoms with Crippen molar-refractivity contribution < 1.29 is 14.2 Å². The Kier molecular flexibility index (Phi) is 17.2. The molecule has 19 heavy (non-hydrogen) atoms. The van der Waals surface area contributed by atoms with Gasteiger partial charge < -0.3 is 19.5 Å². The summed E-state index contributed by atoms with van der Waals surface area (Å²) in [4.78, 5) is 0. The molecule has 0 aromatic heterocycles. The summed E-state index contributed by atoms with van der Waals surface area (Å²) in [6.45, 7) is 10.4. The topological polar surface area (TPSA) is 39.7 Å². The van der Waals surface area contributed by atoms with Gasteiger partial charge in [-0.2, -0.15) is 0 Å². The average molecular weight is 273 g/mol. The van der Waals surface area contributed by atoms with Gasteiger partial charge in [0.15, 0.2) is 0 Å². The Morgan fingerprint density at radius 2 is 1.47 bits per heavy atom. The Hall–Kier alpha value is -0.420. The van der Waals surface area contributed by atoms with E-state index in [9.17, 15) is 0 Å². The van der Waals surface area contributed by atoms with E-state index in [1.54, 1.807) is 0 Å². The molecular formula is C15H31NO3. The fourth-order valence-corrected chi connectivity index (χ4v) is 1.41. The Labute approximate surface area is 118 Å². The second-order valence-electron chi connectivity index (χ2n) is 4.30. The maximum atomic E-state index is 5.44. The summed E-state index contributed by atoms with van der Waals surface area (Å²) in [5.41, 5.74) is 0. The van der Waals surface area contributed by atoms with Crippen LogP contribution in [0.1, 0.15) is 33.1 Å². The lowest BCUT2D eigenvalue weighted by atomic mass is 10.4. The molecule has 114 valence electrons. The van der Waals surface area contributed by atoms with Gasteiger partial charge in [-0.15, -0.1) is 0 Å². The molecule has 0 aliphatic rings. The lowest BCUT2D eigenvalue weighted by molar-refractivity contribution is 0.0147. The summed E-state index contributed by atoms with van der Waals surface area (Å²) >= 11 is 0. The van der Waals surface area contributed by atoms with Crippen molar-refractivity contribution in [2.24, 2.45) is 0 Å². The van der Waals surface area contributed by atoms with Crippen molar-refractivity contribution in [3.8, 4) is 0 Å². The molecule has 1 N–H and O–H groups in total. The number of allylic oxidation sites excluding steroid dienone is 1. The highest BCUT2D eigenvalue weighted by atomic mass is 16.5. The van der Waals surface area contributed by atoms with Crippen LogP contribution in [0.2, 0.25) is 0 Å². The van der Waals surface area contributed by atoms with Gasteiger partial charge in [0.25, 0.3) is 0 Å². The first-order chi connectivity index (χ1) is 9.41. The fourth-order valence-electron chi connectivity index (χ4n) is 1.41. The van der Waals surface area contributed by atoms with Crippen LogP contribution in [0.3, 0.4) is 0 Å². The van der Waals surface area contributed by atoms with Gasteiger partial charge in [0, 0.05) is 13.2 Å². The van der Waals surface area contributed by atoms with Gasteiger partial charge in [0.1, 0.15) is 0 Å². The summed E-state index contributed by atoms with van der Waals surface area (Å²) in [5, 5.41) is 3.31. The standard InChI is InChI=1S/C15H31NO3/c1-3-5-7-8-16-9-11-18-13-15-19-14-12-17-10-6-4-2/h3,5,16H,4,6-15H2,1-2H3/b5-3+. The summed E-state index contributed by atoms with van der Waals surface area (Å²) < 4.78 is 16.2. The average Bonchev–Trinajstić information content (AvgIpc) is 2.43. The smallest absolute Gasteiger partial charge is 0.0701 e. The lowest BCUT2D eigenvalue weighted by Gasteiger charge is -2.07. The molecule has 0 unspecified atom stereocenters. The third-order valence-electron chi connectivity index (χ3n) is 2.53. The minimum absolute atomic E-state index is 0.649. The maximum Gasteiger partial charge on any atom is 0.0701 e. The largest absolute Gasteiger partial charge is 0.379 e. The van der Waals surface area contributed by atoms with Crippen LogP contribution in [0.5, 0.6) is 0 Å². The first-order valence-corrected chi connectivity index (χ1v) is 7.47. The number of ether oxygens (including phenoxy) is 3. The second-order valence-corrected chi connectivity index (χ2v) is 4.30. The van der Waals surface area contributed by atoms with Crippen LogP contribution in [-0.4, -0.2) is 52.7 Å². The number of nitrogens with one attached hydrogen (secondary N) is 1. The van der Waals surface area contributed by atoms with Crippen molar-refractivity contribution >= 4 is 0 Å². The van der Waals surface area contributed by atoms with Crippen LogP contribution in [0.25, 0.3) is 0 Å². The molecule has 0 aromatic carbocycles. The van der Waals surface area contributed by atoms with E-state index in [0.717, 1.165) is 39.1 Å². The first kappa shape index (κ1) is 18.6. The molecule has 0 spiro atoms. The maximum absolute atomic E-state index is 5.44. The minimum Gasteiger partial charge on any atom is -0.379 e. The predicted octanol–water partition coefficient (Wildman–Crippen LogP) is 2.39. The van der Waals surface area contributed by atoms with Crippen molar-refractivity contribution in [3.05, 3.63) is 12.2 Å². The molecule has 0 fully saturated rings. The molecule has 0 aliphatic heterocycles. The molecule has 0 bridgehead atoms. The molecular weight excluding hydrogens is 242 g/mol. The third kappa shape index (κ3) is 17.6. The minimum atomic E-state index is 0.649. The van der Waals surface area contributed by atoms with Crippen molar-refractivity contribution in [3.63, 3.8) is 0 Å². The van der Waals surface area contributed by atoms with E-state index in [2.05, 4.69) is 24.4 Å². The van der Waals surface area contributed by atoms with E-state index in [4.69, 9.17) is 14.2 Å². The lowest BCUT2D eigenvalue weighted by Crippen LogP contribution is -2.21. The highest BCUT2D eigenvalue weighted by Gasteiger charge is 1.91. The van der Waals surface area contributed by atoms with E-state index in [-0.39, 0.29) is 0 Å². The summed E-state index contributed by atoms with van der Waals surface area (Å²) in [7, 11) is 0. The van der Waals surface area contributed by atoms with Crippen LogP contribution >= 0.6 is 0 Å². The van der Waals surface area contributed by atoms with Gasteiger partial charge in [-0.1, -0.05) is 25.5 Å². The van der Waals surface area contributed by atoms with E-state index >= 15 is 0 Å². The molecule has 0 heterocycles. The molecule has 0 saturated heterocycles. The molecule has 4 heteroatoms. The number of unbranched alkanes of at least 4 members (excludes halogenated alkanes) is 1. The summed E-state index contributed by atoms with van der Waals surface area (Å²) in [6, 6.07) is 0. The third-order valence-corrected chi connectivity index (χ3v) is 2.53. The number of hydrogen-bond acceptors (Lipinski definition) is 4. The van der Waals surface area contributed by atoms with Gasteiger partial charge >= 0.3 is 0 Å². The predicted molar refractivity (Wildman–Crippen MR) is 79.7 cm³/mol. The highest BCUT2D eigenvalue weighted by molar-refractivity contribution is 4.77. The zero-order chi connectivity index (χ0) is 14.0. The molecule has 0 saturated carbocycles. The summed E-state index contributed by atoms with van der Waals surface area (Å²) in [5.74, 6) is 0. The van der Waals surface area contributed by atoms with Crippen LogP contribution in [0.15, 0.2) is 12.2 Å². The van der Waals surface area contributed by atoms with Crippen LogP contribution < -0.4 is 5.32 Å². The molecule has 0 aliphatic carbocycles. The summed E-state index contributed by atoms with van der Waals surface area (Å²) in [6.07, 6.45) is 7.62. The molecule has 4 nitrogen and oxygen atoms in total. The van der Waals surface area contributed by atoms with E-state index in [1.807, 2.05) is 6.92 Å². The Bertz CT molecular complexity index is 186. The van der Waals surface area contributed by atoms with Crippen LogP contribution in [0, 0.1) is 0 Å². The van der Waals surface area contributed by atoms with E-state index in [1.165, 1.54) is 6.42 Å². The number of hydrogen-bond donors (Lipinski definition) is 1.